The summed E-state index contributed by atoms with van der Waals surface area (Å²) in [5.41, 5.74) is 1.72. The number of fused-ring (bicyclic) bond motifs is 6. The third-order valence-electron chi connectivity index (χ3n) is 4.20. The van der Waals surface area contributed by atoms with E-state index >= 15 is 0 Å². The van der Waals surface area contributed by atoms with Gasteiger partial charge in [0.25, 0.3) is 0 Å². The minimum absolute atomic E-state index is 0.858. The first-order chi connectivity index (χ1) is 12.4. The zero-order chi connectivity index (χ0) is 16.4. The van der Waals surface area contributed by atoms with Crippen LogP contribution in [0.3, 0.4) is 0 Å². The topological polar surface area (TPSA) is 38.9 Å². The summed E-state index contributed by atoms with van der Waals surface area (Å²) >= 11 is 7.18. The van der Waals surface area contributed by atoms with Crippen LogP contribution >= 0.6 is 45.3 Å². The zero-order valence-electron chi connectivity index (χ0n) is 12.6. The molecule has 0 aliphatic carbocycles. The van der Waals surface area contributed by atoms with E-state index in [0.717, 1.165) is 21.8 Å². The molecular formula is C18H8N2OS4. The molecule has 3 nitrogen and oxygen atoms in total. The largest absolute Gasteiger partial charge is 0.243 e. The highest BCUT2D eigenvalue weighted by Crippen LogP contribution is 2.47. The smallest absolute Gasteiger partial charge is 0.144 e. The second-order valence-electron chi connectivity index (χ2n) is 5.62. The first-order valence-corrected chi connectivity index (χ1v) is 11.0. The van der Waals surface area contributed by atoms with Crippen LogP contribution in [0.5, 0.6) is 0 Å². The summed E-state index contributed by atoms with van der Waals surface area (Å²) in [6, 6.07) is 13.0. The highest BCUT2D eigenvalue weighted by molar-refractivity contribution is 7.32. The Morgan fingerprint density at radius 1 is 0.680 bits per heavy atom. The molecule has 0 saturated carbocycles. The summed E-state index contributed by atoms with van der Waals surface area (Å²) in [6.07, 6.45) is 0. The Bertz CT molecular complexity index is 1230. The quantitative estimate of drug-likeness (QED) is 0.313. The van der Waals surface area contributed by atoms with Crippen LogP contribution in [0.4, 0.5) is 0 Å². The van der Waals surface area contributed by atoms with Crippen molar-refractivity contribution in [1.82, 2.24) is 10.3 Å². The van der Waals surface area contributed by atoms with Crippen molar-refractivity contribution in [3.05, 3.63) is 47.2 Å². The average Bonchev–Trinajstić information content (AvgIpc) is 3.46. The molecule has 0 amide bonds. The van der Waals surface area contributed by atoms with E-state index in [4.69, 9.17) is 4.63 Å². The number of hydrogen-bond donors (Lipinski definition) is 0. The first-order valence-electron chi connectivity index (χ1n) is 7.57. The van der Waals surface area contributed by atoms with Crippen molar-refractivity contribution in [3.63, 3.8) is 0 Å². The highest BCUT2D eigenvalue weighted by atomic mass is 32.1. The number of rotatable bonds is 2. The Kier molecular flexibility index (Phi) is 2.95. The van der Waals surface area contributed by atoms with Gasteiger partial charge in [0.1, 0.15) is 11.0 Å². The van der Waals surface area contributed by atoms with Crippen molar-refractivity contribution in [3.8, 4) is 19.5 Å². The summed E-state index contributed by atoms with van der Waals surface area (Å²) in [5, 5.41) is 14.9. The van der Waals surface area contributed by atoms with Gasteiger partial charge < -0.3 is 0 Å². The molecule has 120 valence electrons. The number of hydrogen-bond acceptors (Lipinski definition) is 7. The summed E-state index contributed by atoms with van der Waals surface area (Å²) < 4.78 is 7.64. The van der Waals surface area contributed by atoms with E-state index in [1.54, 1.807) is 22.7 Å². The molecule has 0 unspecified atom stereocenters. The Balaban J connectivity index is 1.76. The van der Waals surface area contributed by atoms with Crippen molar-refractivity contribution in [2.24, 2.45) is 0 Å². The Hall–Kier alpha value is -2.06. The van der Waals surface area contributed by atoms with Crippen molar-refractivity contribution < 1.29 is 4.63 Å². The second kappa shape index (κ2) is 5.22. The minimum Gasteiger partial charge on any atom is -0.243 e. The van der Waals surface area contributed by atoms with Gasteiger partial charge in [-0.15, -0.1) is 45.3 Å². The molecule has 0 N–H and O–H groups in total. The molecule has 0 spiro atoms. The summed E-state index contributed by atoms with van der Waals surface area (Å²) in [7, 11) is 0. The molecular weight excluding hydrogens is 388 g/mol. The molecule has 6 rings (SSSR count). The number of nitrogens with zero attached hydrogens (tertiary/aromatic N) is 2. The lowest BCUT2D eigenvalue weighted by atomic mass is 10.1. The Morgan fingerprint density at radius 3 is 1.64 bits per heavy atom. The molecule has 25 heavy (non-hydrogen) atoms. The standard InChI is InChI=1S/C18H8N2OS4/c1-3-11(22-5-1)13-7-9-15-16(20-21-19-15)10-8-14(12-4-2-6-23-12)25-18(10)17(9)24-13/h1-8H. The Labute approximate surface area is 157 Å². The van der Waals surface area contributed by atoms with Crippen molar-refractivity contribution in [2.45, 2.75) is 0 Å². The van der Waals surface area contributed by atoms with Crippen LogP contribution in [0.25, 0.3) is 50.7 Å². The summed E-state index contributed by atoms with van der Waals surface area (Å²) in [4.78, 5) is 5.11. The van der Waals surface area contributed by atoms with Gasteiger partial charge in [-0.2, -0.15) is 0 Å². The maximum absolute atomic E-state index is 5.10. The van der Waals surface area contributed by atoms with E-state index in [9.17, 15) is 0 Å². The van der Waals surface area contributed by atoms with Gasteiger partial charge in [-0.05, 0) is 45.3 Å². The molecule has 0 fully saturated rings. The van der Waals surface area contributed by atoms with Crippen molar-refractivity contribution >= 4 is 76.6 Å². The SMILES string of the molecule is c1csc(-c2cc3c4nonc4c4cc(-c5cccs5)sc4c3s2)c1. The first kappa shape index (κ1) is 14.1. The van der Waals surface area contributed by atoms with Gasteiger partial charge in [0.2, 0.25) is 0 Å². The molecule has 6 aromatic rings. The third kappa shape index (κ3) is 2.01. The van der Waals surface area contributed by atoms with E-state index in [1.165, 1.54) is 28.9 Å². The van der Waals surface area contributed by atoms with E-state index in [0.29, 0.717) is 0 Å². The molecule has 7 heteroatoms. The van der Waals surface area contributed by atoms with E-state index in [1.807, 2.05) is 22.7 Å². The molecule has 0 bridgehead atoms. The monoisotopic (exact) mass is 396 g/mol. The lowest BCUT2D eigenvalue weighted by Gasteiger charge is -1.92. The van der Waals surface area contributed by atoms with E-state index in [-0.39, 0.29) is 0 Å². The minimum atomic E-state index is 0.858. The lowest BCUT2D eigenvalue weighted by molar-refractivity contribution is 0.316. The molecule has 1 aromatic carbocycles. The van der Waals surface area contributed by atoms with Crippen LogP contribution in [0, 0.1) is 0 Å². The average molecular weight is 397 g/mol. The number of benzene rings is 1. The third-order valence-corrected chi connectivity index (χ3v) is 8.76. The van der Waals surface area contributed by atoms with Crippen molar-refractivity contribution in [1.29, 1.82) is 0 Å². The van der Waals surface area contributed by atoms with Crippen LogP contribution in [-0.4, -0.2) is 10.3 Å². The molecule has 0 atom stereocenters. The highest BCUT2D eigenvalue weighted by Gasteiger charge is 2.19. The van der Waals surface area contributed by atoms with Crippen molar-refractivity contribution in [2.75, 3.05) is 0 Å². The lowest BCUT2D eigenvalue weighted by Crippen LogP contribution is -1.72. The fourth-order valence-electron chi connectivity index (χ4n) is 3.09. The Morgan fingerprint density at radius 2 is 1.20 bits per heavy atom. The maximum Gasteiger partial charge on any atom is 0.144 e. The van der Waals surface area contributed by atoms with Gasteiger partial charge in [0.05, 0.1) is 9.40 Å². The normalized spacial score (nSPS) is 12.0. The molecule has 5 heterocycles. The molecule has 0 aliphatic rings. The summed E-state index contributed by atoms with van der Waals surface area (Å²) in [5.74, 6) is 0. The van der Waals surface area contributed by atoms with Crippen LogP contribution in [0.15, 0.2) is 51.8 Å². The predicted molar refractivity (Wildman–Crippen MR) is 109 cm³/mol. The zero-order valence-corrected chi connectivity index (χ0v) is 15.8. The van der Waals surface area contributed by atoms with Gasteiger partial charge in [-0.3, -0.25) is 0 Å². The maximum atomic E-state index is 5.10. The second-order valence-corrected chi connectivity index (χ2v) is 9.62. The molecule has 0 aliphatic heterocycles. The van der Waals surface area contributed by atoms with Crippen LogP contribution in [0.1, 0.15) is 0 Å². The van der Waals surface area contributed by atoms with E-state index < -0.39 is 0 Å². The number of aromatic nitrogens is 2. The summed E-state index contributed by atoms with van der Waals surface area (Å²) in [6.45, 7) is 0. The molecule has 5 aromatic heterocycles. The fraction of sp³-hybridized carbons (Fsp3) is 0. The van der Waals surface area contributed by atoms with Crippen LogP contribution < -0.4 is 0 Å². The molecule has 0 saturated heterocycles. The van der Waals surface area contributed by atoms with Gasteiger partial charge in [0.15, 0.2) is 0 Å². The van der Waals surface area contributed by atoms with Crippen LogP contribution in [0.2, 0.25) is 0 Å². The van der Waals surface area contributed by atoms with E-state index in [2.05, 4.69) is 57.5 Å². The number of thiophene rings is 4. The van der Waals surface area contributed by atoms with Gasteiger partial charge in [-0.1, -0.05) is 12.1 Å². The predicted octanol–water partition coefficient (Wildman–Crippen LogP) is 7.11. The van der Waals surface area contributed by atoms with Gasteiger partial charge in [0, 0.05) is 30.3 Å². The molecule has 0 radical (unpaired) electrons. The fourth-order valence-corrected chi connectivity index (χ4v) is 7.22. The van der Waals surface area contributed by atoms with Gasteiger partial charge in [-0.25, -0.2) is 4.63 Å². The van der Waals surface area contributed by atoms with Gasteiger partial charge >= 0.3 is 0 Å². The van der Waals surface area contributed by atoms with Crippen LogP contribution in [-0.2, 0) is 0 Å².